The predicted molar refractivity (Wildman–Crippen MR) is 141 cm³/mol. The van der Waals surface area contributed by atoms with E-state index in [2.05, 4.69) is 69.3 Å². The highest BCUT2D eigenvalue weighted by Crippen LogP contribution is 2.37. The summed E-state index contributed by atoms with van der Waals surface area (Å²) in [5, 5.41) is 13.4. The third-order valence-electron chi connectivity index (χ3n) is 6.39. The summed E-state index contributed by atoms with van der Waals surface area (Å²) in [4.78, 5) is 11.8. The molecule has 35 heavy (non-hydrogen) atoms. The van der Waals surface area contributed by atoms with Gasteiger partial charge in [-0.3, -0.25) is 0 Å². The summed E-state index contributed by atoms with van der Waals surface area (Å²) in [5.74, 6) is 0.226. The third kappa shape index (κ3) is 4.90. The van der Waals surface area contributed by atoms with Gasteiger partial charge in [-0.15, -0.1) is 0 Å². The van der Waals surface area contributed by atoms with E-state index in [0.717, 1.165) is 12.2 Å². The van der Waals surface area contributed by atoms with Crippen LogP contribution in [0.3, 0.4) is 0 Å². The van der Waals surface area contributed by atoms with E-state index in [1.807, 2.05) is 18.2 Å². The highest BCUT2D eigenvalue weighted by molar-refractivity contribution is 6.99. The van der Waals surface area contributed by atoms with Gasteiger partial charge in [0.25, 0.3) is 8.32 Å². The molecule has 6 heteroatoms. The number of hydrogen-bond acceptors (Lipinski definition) is 5. The van der Waals surface area contributed by atoms with Gasteiger partial charge in [0.1, 0.15) is 17.1 Å². The Morgan fingerprint density at radius 1 is 0.943 bits per heavy atom. The summed E-state index contributed by atoms with van der Waals surface area (Å²) in [5.41, 5.74) is 0.724. The highest BCUT2D eigenvalue weighted by atomic mass is 28.4. The van der Waals surface area contributed by atoms with Crippen molar-refractivity contribution >= 4 is 35.6 Å². The van der Waals surface area contributed by atoms with Crippen LogP contribution in [-0.2, 0) is 15.6 Å². The van der Waals surface area contributed by atoms with Crippen molar-refractivity contribution in [1.29, 1.82) is 0 Å². The van der Waals surface area contributed by atoms with E-state index < -0.39 is 14.3 Å². The number of phenolic OH excluding ortho intramolecular Hbond substituents is 1. The second-order valence-corrected chi connectivity index (χ2v) is 14.0. The molecule has 0 fully saturated rings. The van der Waals surface area contributed by atoms with Crippen LogP contribution in [0.2, 0.25) is 5.04 Å². The van der Waals surface area contributed by atoms with Gasteiger partial charge in [0.15, 0.2) is 0 Å². The predicted octanol–water partition coefficient (Wildman–Crippen LogP) is 5.43. The molecule has 1 N–H and O–H groups in total. The number of furan rings is 1. The molecule has 0 saturated heterocycles. The third-order valence-corrected chi connectivity index (χ3v) is 11.4. The first-order valence-electron chi connectivity index (χ1n) is 11.8. The molecule has 0 spiro atoms. The highest BCUT2D eigenvalue weighted by Gasteiger charge is 2.49. The molecule has 4 aromatic rings. The Hall–Kier alpha value is -3.35. The summed E-state index contributed by atoms with van der Waals surface area (Å²) in [6.07, 6.45) is 1.41. The molecule has 182 valence electrons. The number of benzene rings is 3. The molecule has 0 radical (unpaired) electrons. The standard InChI is InChI=1S/C29H32O5Si/c1-29(2,3)35(23-13-7-5-8-14-23,24-15-9-6-10-16-24)33-17-11-12-22-20-25-26(30)18-21(28(31)32-4)19-27(25)34-22/h5-10,13-16,18-20,30H,11-12,17H2,1-4H3. The second-order valence-electron chi connectivity index (χ2n) is 9.73. The lowest BCUT2D eigenvalue weighted by Crippen LogP contribution is -2.66. The van der Waals surface area contributed by atoms with Crippen LogP contribution in [0.15, 0.2) is 83.3 Å². The topological polar surface area (TPSA) is 68.9 Å². The lowest BCUT2D eigenvalue weighted by Gasteiger charge is -2.43. The van der Waals surface area contributed by atoms with Crippen molar-refractivity contribution in [2.75, 3.05) is 13.7 Å². The fourth-order valence-electron chi connectivity index (χ4n) is 4.77. The van der Waals surface area contributed by atoms with E-state index in [4.69, 9.17) is 13.6 Å². The molecule has 1 aromatic heterocycles. The SMILES string of the molecule is COC(=O)c1cc(O)c2cc(CCCO[Si](c3ccccc3)(c3ccccc3)C(C)(C)C)oc2c1. The maximum absolute atomic E-state index is 11.8. The number of aryl methyl sites for hydroxylation is 1. The number of rotatable bonds is 8. The summed E-state index contributed by atoms with van der Waals surface area (Å²) in [7, 11) is -1.27. The Kier molecular flexibility index (Phi) is 7.14. The fourth-order valence-corrected chi connectivity index (χ4v) is 9.37. The molecule has 0 aliphatic rings. The number of methoxy groups -OCH3 is 1. The first-order valence-corrected chi connectivity index (χ1v) is 13.8. The number of carbonyl (C=O) groups excluding carboxylic acids is 1. The number of esters is 1. The van der Waals surface area contributed by atoms with Gasteiger partial charge in [0.05, 0.1) is 18.1 Å². The minimum Gasteiger partial charge on any atom is -0.507 e. The molecular formula is C29H32O5Si. The Morgan fingerprint density at radius 2 is 1.54 bits per heavy atom. The largest absolute Gasteiger partial charge is 0.507 e. The van der Waals surface area contributed by atoms with Gasteiger partial charge >= 0.3 is 5.97 Å². The van der Waals surface area contributed by atoms with Gasteiger partial charge in [-0.05, 0) is 40.0 Å². The smallest absolute Gasteiger partial charge is 0.338 e. The average molecular weight is 489 g/mol. The van der Waals surface area contributed by atoms with Crippen molar-refractivity contribution in [2.45, 2.75) is 38.7 Å². The molecule has 0 bridgehead atoms. The molecular weight excluding hydrogens is 456 g/mol. The number of hydrogen-bond donors (Lipinski definition) is 1. The molecule has 0 unspecified atom stereocenters. The monoisotopic (exact) mass is 488 g/mol. The van der Waals surface area contributed by atoms with Crippen molar-refractivity contribution < 1.29 is 23.5 Å². The van der Waals surface area contributed by atoms with Gasteiger partial charge in [0.2, 0.25) is 0 Å². The van der Waals surface area contributed by atoms with Gasteiger partial charge < -0.3 is 18.7 Å². The maximum Gasteiger partial charge on any atom is 0.338 e. The van der Waals surface area contributed by atoms with Crippen LogP contribution in [0.5, 0.6) is 5.75 Å². The van der Waals surface area contributed by atoms with Crippen LogP contribution in [0.1, 0.15) is 43.3 Å². The van der Waals surface area contributed by atoms with Crippen LogP contribution in [0.4, 0.5) is 0 Å². The van der Waals surface area contributed by atoms with Crippen molar-refractivity contribution in [3.8, 4) is 5.75 Å². The zero-order chi connectivity index (χ0) is 25.1. The quantitative estimate of drug-likeness (QED) is 0.203. The Balaban J connectivity index is 1.56. The fraction of sp³-hybridized carbons (Fsp3) is 0.276. The minimum atomic E-state index is -2.57. The zero-order valence-electron chi connectivity index (χ0n) is 20.7. The van der Waals surface area contributed by atoms with E-state index in [1.165, 1.54) is 23.5 Å². The lowest BCUT2D eigenvalue weighted by atomic mass is 10.1. The Morgan fingerprint density at radius 3 is 2.09 bits per heavy atom. The maximum atomic E-state index is 11.8. The van der Waals surface area contributed by atoms with Crippen LogP contribution >= 0.6 is 0 Å². The summed E-state index contributed by atoms with van der Waals surface area (Å²) >= 11 is 0. The summed E-state index contributed by atoms with van der Waals surface area (Å²) < 4.78 is 17.6. The molecule has 1 heterocycles. The van der Waals surface area contributed by atoms with E-state index >= 15 is 0 Å². The molecule has 0 atom stereocenters. The van der Waals surface area contributed by atoms with E-state index in [1.54, 1.807) is 6.07 Å². The first kappa shape index (κ1) is 24.8. The van der Waals surface area contributed by atoms with Gasteiger partial charge in [0, 0.05) is 13.0 Å². The molecule has 0 aliphatic carbocycles. The molecule has 4 rings (SSSR count). The Labute approximate surface area is 207 Å². The average Bonchev–Trinajstić information content (AvgIpc) is 3.27. The van der Waals surface area contributed by atoms with E-state index in [0.29, 0.717) is 24.0 Å². The number of carbonyl (C=O) groups is 1. The molecule has 3 aromatic carbocycles. The summed E-state index contributed by atoms with van der Waals surface area (Å²) in [6, 6.07) is 26.0. The normalized spacial score (nSPS) is 12.1. The number of phenols is 1. The molecule has 0 saturated carbocycles. The molecule has 0 aliphatic heterocycles. The zero-order valence-corrected chi connectivity index (χ0v) is 21.7. The van der Waals surface area contributed by atoms with Gasteiger partial charge in [-0.2, -0.15) is 0 Å². The lowest BCUT2D eigenvalue weighted by molar-refractivity contribution is 0.0600. The number of aromatic hydroxyl groups is 1. The summed E-state index contributed by atoms with van der Waals surface area (Å²) in [6.45, 7) is 7.37. The van der Waals surface area contributed by atoms with Crippen molar-refractivity contribution in [3.05, 3.63) is 90.2 Å². The van der Waals surface area contributed by atoms with Crippen LogP contribution in [-0.4, -0.2) is 33.1 Å². The molecule has 5 nitrogen and oxygen atoms in total. The molecule has 0 amide bonds. The van der Waals surface area contributed by atoms with Crippen LogP contribution in [0.25, 0.3) is 11.0 Å². The first-order chi connectivity index (χ1) is 16.8. The van der Waals surface area contributed by atoms with Crippen molar-refractivity contribution in [3.63, 3.8) is 0 Å². The van der Waals surface area contributed by atoms with Crippen LogP contribution < -0.4 is 10.4 Å². The van der Waals surface area contributed by atoms with Gasteiger partial charge in [-0.1, -0.05) is 81.4 Å². The van der Waals surface area contributed by atoms with Gasteiger partial charge in [-0.25, -0.2) is 4.79 Å². The second kappa shape index (κ2) is 10.1. The van der Waals surface area contributed by atoms with E-state index in [9.17, 15) is 9.90 Å². The minimum absolute atomic E-state index is 0.00135. The van der Waals surface area contributed by atoms with Crippen molar-refractivity contribution in [1.82, 2.24) is 0 Å². The van der Waals surface area contributed by atoms with E-state index in [-0.39, 0.29) is 16.4 Å². The Bertz CT molecular complexity index is 1250. The van der Waals surface area contributed by atoms with Crippen LogP contribution in [0, 0.1) is 0 Å². The van der Waals surface area contributed by atoms with Crippen molar-refractivity contribution in [2.24, 2.45) is 0 Å². The number of fused-ring (bicyclic) bond motifs is 1. The number of ether oxygens (including phenoxy) is 1.